The minimum absolute atomic E-state index is 0.249. The minimum atomic E-state index is -0.721. The lowest BCUT2D eigenvalue weighted by atomic mass is 9.94. The summed E-state index contributed by atoms with van der Waals surface area (Å²) in [6, 6.07) is 7.33. The molecular weight excluding hydrogens is 402 g/mol. The van der Waals surface area contributed by atoms with Gasteiger partial charge in [-0.1, -0.05) is 75.8 Å². The number of aromatic hydroxyl groups is 1. The van der Waals surface area contributed by atoms with Gasteiger partial charge in [-0.15, -0.1) is 0 Å². The van der Waals surface area contributed by atoms with Gasteiger partial charge in [0, 0.05) is 13.0 Å². The lowest BCUT2D eigenvalue weighted by Crippen LogP contribution is -2.17. The van der Waals surface area contributed by atoms with E-state index in [4.69, 9.17) is 5.11 Å². The van der Waals surface area contributed by atoms with E-state index in [0.717, 1.165) is 75.5 Å². The summed E-state index contributed by atoms with van der Waals surface area (Å²) in [4.78, 5) is 10.6. The summed E-state index contributed by atoms with van der Waals surface area (Å²) in [5, 5.41) is 32.2. The predicted molar refractivity (Wildman–Crippen MR) is 132 cm³/mol. The fourth-order valence-corrected chi connectivity index (χ4v) is 3.86. The van der Waals surface area contributed by atoms with Crippen LogP contribution in [0.1, 0.15) is 76.7 Å². The second-order valence-corrected chi connectivity index (χ2v) is 8.67. The predicted octanol–water partition coefficient (Wildman–Crippen LogP) is 5.62. The molecule has 4 N–H and O–H groups in total. The summed E-state index contributed by atoms with van der Waals surface area (Å²) in [7, 11) is 1.95. The Labute approximate surface area is 194 Å². The Kier molecular flexibility index (Phi) is 15.2. The number of rotatable bonds is 18. The van der Waals surface area contributed by atoms with Gasteiger partial charge in [-0.25, -0.2) is 0 Å². The molecule has 0 aliphatic carbocycles. The molecule has 0 heterocycles. The van der Waals surface area contributed by atoms with Crippen LogP contribution in [0.5, 0.6) is 5.75 Å². The first-order valence-corrected chi connectivity index (χ1v) is 12.2. The molecule has 0 amide bonds. The molecule has 0 fully saturated rings. The van der Waals surface area contributed by atoms with Crippen LogP contribution < -0.4 is 5.32 Å². The number of aliphatic carboxylic acids is 1. The van der Waals surface area contributed by atoms with Gasteiger partial charge in [0.25, 0.3) is 0 Å². The highest BCUT2D eigenvalue weighted by atomic mass is 16.4. The number of carboxylic acid groups (broad SMARTS) is 1. The van der Waals surface area contributed by atoms with Crippen molar-refractivity contribution in [1.82, 2.24) is 5.32 Å². The van der Waals surface area contributed by atoms with E-state index in [2.05, 4.69) is 18.3 Å². The van der Waals surface area contributed by atoms with Gasteiger partial charge < -0.3 is 20.6 Å². The van der Waals surface area contributed by atoms with Gasteiger partial charge in [-0.3, -0.25) is 4.79 Å². The second kappa shape index (κ2) is 17.4. The van der Waals surface area contributed by atoms with Crippen molar-refractivity contribution in [3.63, 3.8) is 0 Å². The SMILES string of the molecule is CCCCC[C@H](O)C=CC(=C[C@H](CCCCCCC(=O)O)CNC)Cc1cccc(O)c1. The van der Waals surface area contributed by atoms with Gasteiger partial charge >= 0.3 is 5.97 Å². The van der Waals surface area contributed by atoms with Crippen LogP contribution in [0.3, 0.4) is 0 Å². The average molecular weight is 446 g/mol. The highest BCUT2D eigenvalue weighted by Gasteiger charge is 2.08. The van der Waals surface area contributed by atoms with Gasteiger partial charge in [-0.2, -0.15) is 0 Å². The van der Waals surface area contributed by atoms with E-state index in [1.54, 1.807) is 12.1 Å². The molecule has 2 atom stereocenters. The third kappa shape index (κ3) is 14.0. The Morgan fingerprint density at radius 1 is 1.09 bits per heavy atom. The topological polar surface area (TPSA) is 89.8 Å². The van der Waals surface area contributed by atoms with Crippen molar-refractivity contribution in [3.8, 4) is 5.75 Å². The highest BCUT2D eigenvalue weighted by molar-refractivity contribution is 5.66. The molecule has 0 saturated heterocycles. The Hall–Kier alpha value is -2.11. The fraction of sp³-hybridized carbons (Fsp3) is 0.593. The first kappa shape index (κ1) is 27.9. The molecule has 0 unspecified atom stereocenters. The van der Waals surface area contributed by atoms with E-state index in [1.807, 2.05) is 31.3 Å². The molecule has 5 heteroatoms. The number of carboxylic acids is 1. The molecule has 0 bridgehead atoms. The number of phenols is 1. The summed E-state index contributed by atoms with van der Waals surface area (Å²) in [6.07, 6.45) is 15.6. The van der Waals surface area contributed by atoms with Crippen molar-refractivity contribution >= 4 is 5.97 Å². The van der Waals surface area contributed by atoms with E-state index in [-0.39, 0.29) is 12.2 Å². The van der Waals surface area contributed by atoms with Gasteiger partial charge in [0.05, 0.1) is 6.10 Å². The standard InChI is InChI=1S/C27H43NO4/c1-3-4-7-13-25(29)17-16-23(18-22-12-10-14-26(30)20-22)19-24(21-28-2)11-8-5-6-9-15-27(31)32/h10,12,14,16-17,19-20,24-25,28-30H,3-9,11,13,15,18,21H2,1-2H3,(H,31,32)/t24-,25-/m0/s1. The van der Waals surface area contributed by atoms with Crippen molar-refractivity contribution < 1.29 is 20.1 Å². The molecule has 180 valence electrons. The summed E-state index contributed by atoms with van der Waals surface area (Å²) in [6.45, 7) is 3.03. The van der Waals surface area contributed by atoms with Crippen LogP contribution in [-0.4, -0.2) is 41.0 Å². The van der Waals surface area contributed by atoms with Crippen LogP contribution >= 0.6 is 0 Å². The van der Waals surface area contributed by atoms with Crippen LogP contribution in [0, 0.1) is 5.92 Å². The molecule has 32 heavy (non-hydrogen) atoms. The van der Waals surface area contributed by atoms with E-state index in [0.29, 0.717) is 12.3 Å². The summed E-state index contributed by atoms with van der Waals surface area (Å²) < 4.78 is 0. The van der Waals surface area contributed by atoms with Crippen molar-refractivity contribution in [3.05, 3.63) is 53.6 Å². The number of nitrogens with one attached hydrogen (secondary N) is 1. The first-order valence-electron chi connectivity index (χ1n) is 12.2. The quantitative estimate of drug-likeness (QED) is 0.174. The number of hydrogen-bond donors (Lipinski definition) is 4. The number of unbranched alkanes of at least 4 members (excludes halogenated alkanes) is 5. The second-order valence-electron chi connectivity index (χ2n) is 8.67. The van der Waals surface area contributed by atoms with Crippen LogP contribution in [-0.2, 0) is 11.2 Å². The maximum absolute atomic E-state index is 10.6. The molecule has 0 aliphatic rings. The Balaban J connectivity index is 2.80. The van der Waals surface area contributed by atoms with Crippen molar-refractivity contribution in [1.29, 1.82) is 0 Å². The molecule has 1 aromatic rings. The zero-order valence-electron chi connectivity index (χ0n) is 19.9. The molecule has 1 aromatic carbocycles. The monoisotopic (exact) mass is 445 g/mol. The lowest BCUT2D eigenvalue weighted by Gasteiger charge is -2.15. The number of phenolic OH excluding ortho intramolecular Hbond substituents is 1. The first-order chi connectivity index (χ1) is 15.4. The van der Waals surface area contributed by atoms with E-state index in [9.17, 15) is 15.0 Å². The Morgan fingerprint density at radius 2 is 1.84 bits per heavy atom. The van der Waals surface area contributed by atoms with Crippen LogP contribution in [0.2, 0.25) is 0 Å². The van der Waals surface area contributed by atoms with Crippen molar-refractivity contribution in [2.24, 2.45) is 5.92 Å². The minimum Gasteiger partial charge on any atom is -0.508 e. The number of allylic oxidation sites excluding steroid dienone is 2. The summed E-state index contributed by atoms with van der Waals surface area (Å²) in [5.74, 6) is -0.103. The smallest absolute Gasteiger partial charge is 0.303 e. The molecule has 5 nitrogen and oxygen atoms in total. The number of hydrogen-bond acceptors (Lipinski definition) is 4. The van der Waals surface area contributed by atoms with Gasteiger partial charge in [-0.05, 0) is 61.9 Å². The van der Waals surface area contributed by atoms with Crippen molar-refractivity contribution in [2.45, 2.75) is 83.7 Å². The molecule has 1 rings (SSSR count). The number of benzene rings is 1. The molecule has 0 saturated carbocycles. The molecule has 0 spiro atoms. The largest absolute Gasteiger partial charge is 0.508 e. The third-order valence-corrected chi connectivity index (χ3v) is 5.59. The van der Waals surface area contributed by atoms with E-state index in [1.165, 1.54) is 0 Å². The highest BCUT2D eigenvalue weighted by Crippen LogP contribution is 2.20. The molecule has 0 radical (unpaired) electrons. The van der Waals surface area contributed by atoms with Crippen LogP contribution in [0.4, 0.5) is 0 Å². The molecule has 0 aliphatic heterocycles. The zero-order valence-corrected chi connectivity index (χ0v) is 19.9. The van der Waals surface area contributed by atoms with Gasteiger partial charge in [0.15, 0.2) is 0 Å². The maximum Gasteiger partial charge on any atom is 0.303 e. The maximum atomic E-state index is 10.6. The average Bonchev–Trinajstić information content (AvgIpc) is 2.74. The van der Waals surface area contributed by atoms with Gasteiger partial charge in [0.1, 0.15) is 5.75 Å². The van der Waals surface area contributed by atoms with Crippen LogP contribution in [0.25, 0.3) is 0 Å². The molecule has 0 aromatic heterocycles. The van der Waals surface area contributed by atoms with Crippen LogP contribution in [0.15, 0.2) is 48.1 Å². The Morgan fingerprint density at radius 3 is 2.53 bits per heavy atom. The van der Waals surface area contributed by atoms with E-state index < -0.39 is 12.1 Å². The van der Waals surface area contributed by atoms with Crippen molar-refractivity contribution in [2.75, 3.05) is 13.6 Å². The normalized spacial score (nSPS) is 14.0. The lowest BCUT2D eigenvalue weighted by molar-refractivity contribution is -0.137. The van der Waals surface area contributed by atoms with Gasteiger partial charge in [0.2, 0.25) is 0 Å². The zero-order chi connectivity index (χ0) is 23.6. The summed E-state index contributed by atoms with van der Waals surface area (Å²) >= 11 is 0. The third-order valence-electron chi connectivity index (χ3n) is 5.59. The Bertz CT molecular complexity index is 699. The molecular formula is C27H43NO4. The number of aliphatic hydroxyl groups is 1. The number of carbonyl (C=O) groups is 1. The fourth-order valence-electron chi connectivity index (χ4n) is 3.86. The summed E-state index contributed by atoms with van der Waals surface area (Å²) in [5.41, 5.74) is 2.18. The van der Waals surface area contributed by atoms with E-state index >= 15 is 0 Å². The number of aliphatic hydroxyl groups excluding tert-OH is 1.